The lowest BCUT2D eigenvalue weighted by Gasteiger charge is -2.20. The second-order valence-corrected chi connectivity index (χ2v) is 2.11. The Kier molecular flexibility index (Phi) is 3.53. The van der Waals surface area contributed by atoms with E-state index in [4.69, 9.17) is 10.8 Å². The molecular weight excluding hydrogens is 150 g/mol. The van der Waals surface area contributed by atoms with Gasteiger partial charge in [-0.1, -0.05) is 6.92 Å². The highest BCUT2D eigenvalue weighted by molar-refractivity contribution is 5.82. The van der Waals surface area contributed by atoms with Crippen LogP contribution < -0.4 is 5.73 Å². The lowest BCUT2D eigenvalue weighted by molar-refractivity contribution is -0.201. The molecule has 0 aliphatic heterocycles. The maximum Gasteiger partial charge on any atom is 0.296 e. The lowest BCUT2D eigenvalue weighted by Crippen LogP contribution is -2.45. The zero-order chi connectivity index (χ0) is 8.91. The van der Waals surface area contributed by atoms with Crippen LogP contribution in [0.4, 0.5) is 0 Å². The first-order valence-electron chi connectivity index (χ1n) is 3.20. The van der Waals surface area contributed by atoms with Crippen LogP contribution in [0.3, 0.4) is 0 Å². The number of aliphatic hydroxyl groups is 1. The van der Waals surface area contributed by atoms with E-state index in [1.54, 1.807) is 6.92 Å². The first-order valence-corrected chi connectivity index (χ1v) is 3.20. The van der Waals surface area contributed by atoms with E-state index in [2.05, 4.69) is 4.74 Å². The molecule has 5 heteroatoms. The summed E-state index contributed by atoms with van der Waals surface area (Å²) in [5.74, 6) is -3.18. The van der Waals surface area contributed by atoms with E-state index in [0.717, 1.165) is 0 Å². The quantitative estimate of drug-likeness (QED) is 0.405. The highest BCUT2D eigenvalue weighted by Gasteiger charge is 2.34. The van der Waals surface area contributed by atoms with Gasteiger partial charge in [0.25, 0.3) is 18.2 Å². The van der Waals surface area contributed by atoms with Crippen molar-refractivity contribution in [2.75, 3.05) is 0 Å². The standard InChI is InChI=1S/C6H11NO4/c1-2-3-6(10,5(7)9)11-4-8/h4,10H,2-3H2,1H3,(H2,7,9). The Morgan fingerprint density at radius 2 is 2.36 bits per heavy atom. The van der Waals surface area contributed by atoms with E-state index in [-0.39, 0.29) is 12.9 Å². The van der Waals surface area contributed by atoms with Crippen molar-refractivity contribution < 1.29 is 19.4 Å². The Morgan fingerprint density at radius 3 is 2.64 bits per heavy atom. The highest BCUT2D eigenvalue weighted by atomic mass is 16.6. The molecule has 1 unspecified atom stereocenters. The van der Waals surface area contributed by atoms with Crippen molar-refractivity contribution in [3.63, 3.8) is 0 Å². The highest BCUT2D eigenvalue weighted by Crippen LogP contribution is 2.12. The van der Waals surface area contributed by atoms with Crippen LogP contribution in [-0.2, 0) is 14.3 Å². The van der Waals surface area contributed by atoms with Crippen molar-refractivity contribution in [2.45, 2.75) is 25.6 Å². The largest absolute Gasteiger partial charge is 0.426 e. The first-order chi connectivity index (χ1) is 5.06. The molecule has 0 aliphatic rings. The molecule has 0 rings (SSSR count). The van der Waals surface area contributed by atoms with Crippen LogP contribution in [0.15, 0.2) is 0 Å². The molecule has 0 radical (unpaired) electrons. The van der Waals surface area contributed by atoms with Gasteiger partial charge >= 0.3 is 0 Å². The van der Waals surface area contributed by atoms with E-state index in [1.165, 1.54) is 0 Å². The van der Waals surface area contributed by atoms with Crippen LogP contribution in [-0.4, -0.2) is 23.3 Å². The third-order valence-electron chi connectivity index (χ3n) is 1.22. The topological polar surface area (TPSA) is 89.6 Å². The molecule has 1 atom stereocenters. The van der Waals surface area contributed by atoms with E-state index in [9.17, 15) is 9.59 Å². The van der Waals surface area contributed by atoms with E-state index < -0.39 is 11.7 Å². The van der Waals surface area contributed by atoms with Crippen molar-refractivity contribution in [1.82, 2.24) is 0 Å². The number of carbonyl (C=O) groups is 2. The van der Waals surface area contributed by atoms with Gasteiger partial charge in [-0.25, -0.2) is 0 Å². The monoisotopic (exact) mass is 161 g/mol. The van der Waals surface area contributed by atoms with Gasteiger partial charge in [0.1, 0.15) is 0 Å². The second-order valence-electron chi connectivity index (χ2n) is 2.11. The van der Waals surface area contributed by atoms with Crippen molar-refractivity contribution in [1.29, 1.82) is 0 Å². The summed E-state index contributed by atoms with van der Waals surface area (Å²) in [6.07, 6.45) is 0.508. The van der Waals surface area contributed by atoms with Crippen molar-refractivity contribution >= 4 is 12.4 Å². The molecule has 11 heavy (non-hydrogen) atoms. The molecule has 0 spiro atoms. The maximum atomic E-state index is 10.5. The molecule has 0 fully saturated rings. The summed E-state index contributed by atoms with van der Waals surface area (Å²) in [5.41, 5.74) is 4.77. The summed E-state index contributed by atoms with van der Waals surface area (Å²) < 4.78 is 4.13. The zero-order valence-electron chi connectivity index (χ0n) is 6.24. The fraction of sp³-hybridized carbons (Fsp3) is 0.667. The normalized spacial score (nSPS) is 15.1. The average Bonchev–Trinajstić information content (AvgIpc) is 1.88. The molecule has 0 aliphatic carbocycles. The Labute approximate surface area is 64.1 Å². The van der Waals surface area contributed by atoms with Crippen LogP contribution in [0.1, 0.15) is 19.8 Å². The fourth-order valence-electron chi connectivity index (χ4n) is 0.659. The summed E-state index contributed by atoms with van der Waals surface area (Å²) in [5, 5.41) is 9.16. The van der Waals surface area contributed by atoms with Crippen molar-refractivity contribution in [2.24, 2.45) is 5.73 Å². The third-order valence-corrected chi connectivity index (χ3v) is 1.22. The molecule has 0 saturated heterocycles. The lowest BCUT2D eigenvalue weighted by atomic mass is 10.1. The van der Waals surface area contributed by atoms with Gasteiger partial charge in [-0.15, -0.1) is 0 Å². The van der Waals surface area contributed by atoms with Gasteiger partial charge in [0.05, 0.1) is 0 Å². The zero-order valence-corrected chi connectivity index (χ0v) is 6.24. The Hall–Kier alpha value is -1.10. The summed E-state index contributed by atoms with van der Waals surface area (Å²) in [6, 6.07) is 0. The smallest absolute Gasteiger partial charge is 0.296 e. The van der Waals surface area contributed by atoms with Gasteiger partial charge in [-0.05, 0) is 6.42 Å². The molecule has 0 aromatic heterocycles. The predicted octanol–water partition coefficient (Wildman–Crippen LogP) is -0.867. The van der Waals surface area contributed by atoms with Crippen LogP contribution in [0.25, 0.3) is 0 Å². The number of nitrogens with two attached hydrogens (primary N) is 1. The molecule has 0 saturated carbocycles. The van der Waals surface area contributed by atoms with Gasteiger partial charge in [-0.3, -0.25) is 9.59 Å². The summed E-state index contributed by atoms with van der Waals surface area (Å²) in [6.45, 7) is 1.72. The minimum Gasteiger partial charge on any atom is -0.426 e. The number of hydrogen-bond acceptors (Lipinski definition) is 4. The van der Waals surface area contributed by atoms with E-state index in [1.807, 2.05) is 0 Å². The molecule has 0 bridgehead atoms. The minimum atomic E-state index is -2.13. The number of amides is 1. The van der Waals surface area contributed by atoms with Crippen LogP contribution in [0, 0.1) is 0 Å². The summed E-state index contributed by atoms with van der Waals surface area (Å²) in [4.78, 5) is 20.3. The van der Waals surface area contributed by atoms with Gasteiger partial charge in [0, 0.05) is 6.42 Å². The Bertz CT molecular complexity index is 159. The van der Waals surface area contributed by atoms with Gasteiger partial charge in [0.15, 0.2) is 0 Å². The number of hydrogen-bond donors (Lipinski definition) is 2. The Morgan fingerprint density at radius 1 is 1.82 bits per heavy atom. The number of primary amides is 1. The van der Waals surface area contributed by atoms with Crippen LogP contribution in [0.2, 0.25) is 0 Å². The number of carbonyl (C=O) groups excluding carboxylic acids is 2. The average molecular weight is 161 g/mol. The van der Waals surface area contributed by atoms with Gasteiger partial charge < -0.3 is 15.6 Å². The van der Waals surface area contributed by atoms with Crippen LogP contribution in [0.5, 0.6) is 0 Å². The summed E-state index contributed by atoms with van der Waals surface area (Å²) in [7, 11) is 0. The SMILES string of the molecule is CCCC(O)(OC=O)C(N)=O. The molecule has 0 aromatic carbocycles. The Balaban J connectivity index is 4.24. The van der Waals surface area contributed by atoms with Gasteiger partial charge in [0.2, 0.25) is 0 Å². The van der Waals surface area contributed by atoms with E-state index >= 15 is 0 Å². The molecule has 64 valence electrons. The molecule has 5 nitrogen and oxygen atoms in total. The predicted molar refractivity (Wildman–Crippen MR) is 36.2 cm³/mol. The molecular formula is C6H11NO4. The molecule has 1 amide bonds. The maximum absolute atomic E-state index is 10.5. The van der Waals surface area contributed by atoms with Crippen molar-refractivity contribution in [3.8, 4) is 0 Å². The van der Waals surface area contributed by atoms with Gasteiger partial charge in [-0.2, -0.15) is 0 Å². The first kappa shape index (κ1) is 9.90. The van der Waals surface area contributed by atoms with E-state index in [0.29, 0.717) is 6.42 Å². The summed E-state index contributed by atoms with van der Waals surface area (Å²) >= 11 is 0. The minimum absolute atomic E-state index is 0.000417. The second kappa shape index (κ2) is 3.92. The molecule has 3 N–H and O–H groups in total. The number of rotatable bonds is 5. The third kappa shape index (κ3) is 2.55. The number of ether oxygens (including phenoxy) is 1. The molecule has 0 heterocycles. The van der Waals surface area contributed by atoms with Crippen molar-refractivity contribution in [3.05, 3.63) is 0 Å². The molecule has 0 aromatic rings. The fourth-order valence-corrected chi connectivity index (χ4v) is 0.659. The van der Waals surface area contributed by atoms with Crippen LogP contribution >= 0.6 is 0 Å².